The van der Waals surface area contributed by atoms with Crippen LogP contribution in [0.25, 0.3) is 0 Å². The molecule has 6 nitrogen and oxygen atoms in total. The Balaban J connectivity index is 2.18. The lowest BCUT2D eigenvalue weighted by Crippen LogP contribution is -2.17. The fraction of sp³-hybridized carbons (Fsp3) is 0.0909. The predicted molar refractivity (Wildman–Crippen MR) is 69.5 cm³/mol. The molecule has 0 radical (unpaired) electrons. The number of pyridine rings is 1. The number of carbonyl (C=O) groups is 1. The number of halogens is 1. The van der Waals surface area contributed by atoms with E-state index in [4.69, 9.17) is 0 Å². The van der Waals surface area contributed by atoms with E-state index < -0.39 is 5.91 Å². The molecule has 0 atom stereocenters. The maximum absolute atomic E-state index is 11.8. The molecule has 2 N–H and O–H groups in total. The normalized spacial score (nSPS) is 10.1. The number of anilines is 1. The van der Waals surface area contributed by atoms with Crippen LogP contribution in [0.4, 0.5) is 5.82 Å². The highest BCUT2D eigenvalue weighted by molar-refractivity contribution is 9.10. The summed E-state index contributed by atoms with van der Waals surface area (Å²) in [6, 6.07) is 1.73. The Morgan fingerprint density at radius 1 is 1.39 bits per heavy atom. The average Bonchev–Trinajstić information content (AvgIpc) is 2.34. The Bertz CT molecular complexity index is 633. The van der Waals surface area contributed by atoms with Gasteiger partial charge in [-0.3, -0.25) is 9.59 Å². The lowest BCUT2D eigenvalue weighted by Gasteiger charge is -2.05. The Morgan fingerprint density at radius 2 is 2.17 bits per heavy atom. The smallest absolute Gasteiger partial charge is 0.276 e. The van der Waals surface area contributed by atoms with E-state index in [2.05, 4.69) is 36.2 Å². The third-order valence-electron chi connectivity index (χ3n) is 2.19. The van der Waals surface area contributed by atoms with E-state index in [1.165, 1.54) is 6.20 Å². The van der Waals surface area contributed by atoms with Gasteiger partial charge in [-0.25, -0.2) is 9.97 Å². The summed E-state index contributed by atoms with van der Waals surface area (Å²) in [4.78, 5) is 32.7. The number of hydrogen-bond acceptors (Lipinski definition) is 4. The molecule has 0 aliphatic carbocycles. The van der Waals surface area contributed by atoms with Gasteiger partial charge in [-0.1, -0.05) is 0 Å². The van der Waals surface area contributed by atoms with E-state index >= 15 is 0 Å². The molecule has 0 bridgehead atoms. The summed E-state index contributed by atoms with van der Waals surface area (Å²) in [6.45, 7) is 1.89. The highest BCUT2D eigenvalue weighted by Gasteiger charge is 2.08. The van der Waals surface area contributed by atoms with Crippen LogP contribution >= 0.6 is 15.9 Å². The molecule has 7 heteroatoms. The fourth-order valence-corrected chi connectivity index (χ4v) is 1.47. The van der Waals surface area contributed by atoms with E-state index in [0.717, 1.165) is 16.2 Å². The Hall–Kier alpha value is -2.02. The lowest BCUT2D eigenvalue weighted by molar-refractivity contribution is 0.102. The average molecular weight is 309 g/mol. The van der Waals surface area contributed by atoms with Crippen LogP contribution in [0.5, 0.6) is 0 Å². The molecular weight excluding hydrogens is 300 g/mol. The molecule has 0 spiro atoms. The Labute approximate surface area is 111 Å². The van der Waals surface area contributed by atoms with E-state index in [0.29, 0.717) is 5.82 Å². The van der Waals surface area contributed by atoms with Crippen LogP contribution in [0.2, 0.25) is 0 Å². The molecular formula is C11H9BrN4O2. The van der Waals surface area contributed by atoms with Crippen molar-refractivity contribution in [1.82, 2.24) is 15.0 Å². The van der Waals surface area contributed by atoms with E-state index in [1.807, 2.05) is 6.92 Å². The van der Waals surface area contributed by atoms with Crippen molar-refractivity contribution in [3.05, 3.63) is 50.7 Å². The number of carbonyl (C=O) groups excluding carboxylic acids is 1. The number of aromatic nitrogens is 3. The van der Waals surface area contributed by atoms with E-state index in [9.17, 15) is 9.59 Å². The second-order valence-electron chi connectivity index (χ2n) is 3.57. The minimum atomic E-state index is -0.430. The van der Waals surface area contributed by atoms with Gasteiger partial charge in [-0.2, -0.15) is 0 Å². The zero-order chi connectivity index (χ0) is 13.1. The molecule has 0 fully saturated rings. The molecule has 2 rings (SSSR count). The van der Waals surface area contributed by atoms with Gasteiger partial charge >= 0.3 is 0 Å². The van der Waals surface area contributed by atoms with Crippen molar-refractivity contribution in [2.75, 3.05) is 5.32 Å². The molecule has 1 amide bonds. The molecule has 0 unspecified atom stereocenters. The van der Waals surface area contributed by atoms with Crippen molar-refractivity contribution < 1.29 is 4.79 Å². The van der Waals surface area contributed by atoms with Crippen molar-refractivity contribution in [1.29, 1.82) is 0 Å². The number of amides is 1. The molecule has 0 aliphatic heterocycles. The van der Waals surface area contributed by atoms with Gasteiger partial charge in [0.1, 0.15) is 11.5 Å². The number of hydrogen-bond donors (Lipinski definition) is 2. The summed E-state index contributed by atoms with van der Waals surface area (Å²) in [7, 11) is 0. The maximum atomic E-state index is 11.8. The first-order chi connectivity index (χ1) is 8.56. The van der Waals surface area contributed by atoms with Crippen molar-refractivity contribution in [3.8, 4) is 0 Å². The topological polar surface area (TPSA) is 87.7 Å². The van der Waals surface area contributed by atoms with Crippen LogP contribution in [0.3, 0.4) is 0 Å². The van der Waals surface area contributed by atoms with E-state index in [1.54, 1.807) is 12.3 Å². The minimum absolute atomic E-state index is 0.122. The summed E-state index contributed by atoms with van der Waals surface area (Å²) in [6.07, 6.45) is 3.91. The van der Waals surface area contributed by atoms with Gasteiger partial charge in [0, 0.05) is 16.9 Å². The number of aromatic amines is 1. The highest BCUT2D eigenvalue weighted by Crippen LogP contribution is 2.17. The van der Waals surface area contributed by atoms with Gasteiger partial charge in [-0.15, -0.1) is 0 Å². The SMILES string of the molecule is Cc1cc(NC(=O)c2c[nH]c(=O)cn2)ncc1Br. The van der Waals surface area contributed by atoms with Gasteiger partial charge in [0.05, 0.1) is 6.20 Å². The van der Waals surface area contributed by atoms with Gasteiger partial charge in [-0.05, 0) is 34.5 Å². The third-order valence-corrected chi connectivity index (χ3v) is 3.02. The van der Waals surface area contributed by atoms with Crippen molar-refractivity contribution in [2.24, 2.45) is 0 Å². The quantitative estimate of drug-likeness (QED) is 0.880. The summed E-state index contributed by atoms with van der Waals surface area (Å²) in [5.74, 6) is -0.00540. The molecule has 2 heterocycles. The monoisotopic (exact) mass is 308 g/mol. The molecule has 2 aromatic heterocycles. The van der Waals surface area contributed by atoms with Crippen molar-refractivity contribution >= 4 is 27.7 Å². The standard InChI is InChI=1S/C11H9BrN4O2/c1-6-2-9(14-3-7(6)12)16-11(18)8-4-15-10(17)5-13-8/h2-5H,1H3,(H,15,17)(H,14,16,18). The first-order valence-electron chi connectivity index (χ1n) is 5.04. The fourth-order valence-electron chi connectivity index (χ4n) is 1.25. The molecule has 0 aliphatic rings. The summed E-state index contributed by atoms with van der Waals surface area (Å²) >= 11 is 3.32. The van der Waals surface area contributed by atoms with Crippen LogP contribution in [0, 0.1) is 6.92 Å². The summed E-state index contributed by atoms with van der Waals surface area (Å²) in [5.41, 5.74) is 0.718. The molecule has 0 aromatic carbocycles. The highest BCUT2D eigenvalue weighted by atomic mass is 79.9. The van der Waals surface area contributed by atoms with E-state index in [-0.39, 0.29) is 11.3 Å². The lowest BCUT2D eigenvalue weighted by atomic mass is 10.3. The third kappa shape index (κ3) is 2.80. The first-order valence-corrected chi connectivity index (χ1v) is 5.84. The van der Waals surface area contributed by atoms with Crippen LogP contribution in [-0.4, -0.2) is 20.9 Å². The van der Waals surface area contributed by atoms with Gasteiger partial charge in [0.25, 0.3) is 11.5 Å². The maximum Gasteiger partial charge on any atom is 0.276 e. The second kappa shape index (κ2) is 5.09. The van der Waals surface area contributed by atoms with Gasteiger partial charge < -0.3 is 10.3 Å². The Morgan fingerprint density at radius 3 is 2.78 bits per heavy atom. The minimum Gasteiger partial charge on any atom is -0.325 e. The van der Waals surface area contributed by atoms with Crippen molar-refractivity contribution in [3.63, 3.8) is 0 Å². The van der Waals surface area contributed by atoms with Crippen molar-refractivity contribution in [2.45, 2.75) is 6.92 Å². The van der Waals surface area contributed by atoms with Crippen LogP contribution in [0.15, 0.2) is 33.9 Å². The molecule has 0 saturated heterocycles. The molecule has 92 valence electrons. The number of H-pyrrole nitrogens is 1. The predicted octanol–water partition coefficient (Wildman–Crippen LogP) is 1.49. The van der Waals surface area contributed by atoms with Gasteiger partial charge in [0.15, 0.2) is 0 Å². The molecule has 2 aromatic rings. The van der Waals surface area contributed by atoms with Crippen LogP contribution in [0.1, 0.15) is 16.1 Å². The second-order valence-corrected chi connectivity index (χ2v) is 4.42. The molecule has 0 saturated carbocycles. The summed E-state index contributed by atoms with van der Waals surface area (Å²) in [5, 5.41) is 2.59. The number of nitrogens with one attached hydrogen (secondary N) is 2. The van der Waals surface area contributed by atoms with Crippen LogP contribution < -0.4 is 10.9 Å². The van der Waals surface area contributed by atoms with Crippen LogP contribution in [-0.2, 0) is 0 Å². The largest absolute Gasteiger partial charge is 0.325 e. The van der Waals surface area contributed by atoms with Gasteiger partial charge in [0.2, 0.25) is 0 Å². The summed E-state index contributed by atoms with van der Waals surface area (Å²) < 4.78 is 0.864. The molecule has 18 heavy (non-hydrogen) atoms. The zero-order valence-corrected chi connectivity index (χ0v) is 11.0. The Kier molecular flexibility index (Phi) is 3.52. The zero-order valence-electron chi connectivity index (χ0n) is 9.40. The number of nitrogens with zero attached hydrogens (tertiary/aromatic N) is 2. The number of aryl methyl sites for hydroxylation is 1. The number of rotatable bonds is 2. The first kappa shape index (κ1) is 12.4.